The fourth-order valence-electron chi connectivity index (χ4n) is 3.63. The standard InChI is InChI=1S/C30H24ClN7O3/c1-40-26-18-20(16-17-25(26)41-27(39)23-14-8-9-15-24(23)31)19-32-38-30-36-28(33-21-10-4-2-5-11-21)35-29(37-30)34-22-12-6-3-7-13-22/h2-19H,1H3,(H3,33,34,35,36,37,38)/b32-19-. The predicted molar refractivity (Wildman–Crippen MR) is 160 cm³/mol. The summed E-state index contributed by atoms with van der Waals surface area (Å²) in [4.78, 5) is 25.9. The number of hydrogen-bond acceptors (Lipinski definition) is 10. The monoisotopic (exact) mass is 565 g/mol. The van der Waals surface area contributed by atoms with Gasteiger partial charge in [-0.2, -0.15) is 20.1 Å². The van der Waals surface area contributed by atoms with Crippen LogP contribution in [0.3, 0.4) is 0 Å². The third-order valence-electron chi connectivity index (χ3n) is 5.56. The Morgan fingerprint density at radius 1 is 0.756 bits per heavy atom. The van der Waals surface area contributed by atoms with Gasteiger partial charge in [-0.3, -0.25) is 0 Å². The zero-order valence-corrected chi connectivity index (χ0v) is 22.5. The smallest absolute Gasteiger partial charge is 0.345 e. The van der Waals surface area contributed by atoms with Crippen LogP contribution in [0.4, 0.5) is 29.2 Å². The van der Waals surface area contributed by atoms with Gasteiger partial charge in [0.25, 0.3) is 0 Å². The third kappa shape index (κ3) is 7.34. The number of nitrogens with one attached hydrogen (secondary N) is 3. The van der Waals surface area contributed by atoms with Crippen LogP contribution in [0.15, 0.2) is 108 Å². The molecular formula is C30H24ClN7O3. The van der Waals surface area contributed by atoms with Gasteiger partial charge in [0.1, 0.15) is 0 Å². The molecular weight excluding hydrogens is 542 g/mol. The summed E-state index contributed by atoms with van der Waals surface area (Å²) in [6.07, 6.45) is 1.56. The van der Waals surface area contributed by atoms with Crippen molar-refractivity contribution >= 4 is 53.0 Å². The van der Waals surface area contributed by atoms with Gasteiger partial charge in [0.15, 0.2) is 11.5 Å². The zero-order chi connectivity index (χ0) is 28.4. The summed E-state index contributed by atoms with van der Waals surface area (Å²) in [5.41, 5.74) is 5.41. The Kier molecular flexibility index (Phi) is 8.63. The second-order valence-corrected chi connectivity index (χ2v) is 8.85. The van der Waals surface area contributed by atoms with Gasteiger partial charge in [0, 0.05) is 11.4 Å². The number of carbonyl (C=O) groups excluding carboxylic acids is 1. The number of para-hydroxylation sites is 2. The molecule has 0 atom stereocenters. The van der Waals surface area contributed by atoms with E-state index in [1.165, 1.54) is 7.11 Å². The Balaban J connectivity index is 1.32. The summed E-state index contributed by atoms with van der Waals surface area (Å²) in [7, 11) is 1.48. The summed E-state index contributed by atoms with van der Waals surface area (Å²) in [5, 5.41) is 10.9. The van der Waals surface area contributed by atoms with Crippen molar-refractivity contribution in [3.63, 3.8) is 0 Å². The molecule has 0 aliphatic carbocycles. The maximum atomic E-state index is 12.6. The lowest BCUT2D eigenvalue weighted by molar-refractivity contribution is 0.0730. The van der Waals surface area contributed by atoms with Gasteiger partial charge in [-0.1, -0.05) is 60.1 Å². The lowest BCUT2D eigenvalue weighted by Crippen LogP contribution is -2.10. The molecule has 0 bridgehead atoms. The highest BCUT2D eigenvalue weighted by Gasteiger charge is 2.15. The number of hydrazone groups is 1. The minimum absolute atomic E-state index is 0.213. The van der Waals surface area contributed by atoms with Crippen molar-refractivity contribution in [1.82, 2.24) is 15.0 Å². The topological polar surface area (TPSA) is 123 Å². The number of aromatic nitrogens is 3. The van der Waals surface area contributed by atoms with Crippen LogP contribution in [-0.2, 0) is 0 Å². The SMILES string of the molecule is COc1cc(/C=N\Nc2nc(Nc3ccccc3)nc(Nc3ccccc3)n2)ccc1OC(=O)c1ccccc1Cl. The molecule has 0 radical (unpaired) electrons. The molecule has 0 spiro atoms. The van der Waals surface area contributed by atoms with Gasteiger partial charge >= 0.3 is 5.97 Å². The number of esters is 1. The lowest BCUT2D eigenvalue weighted by atomic mass is 10.2. The van der Waals surface area contributed by atoms with E-state index in [2.05, 4.69) is 36.1 Å². The predicted octanol–water partition coefficient (Wildman–Crippen LogP) is 6.69. The number of carbonyl (C=O) groups is 1. The van der Waals surface area contributed by atoms with Crippen LogP contribution in [0.1, 0.15) is 15.9 Å². The van der Waals surface area contributed by atoms with Crippen molar-refractivity contribution < 1.29 is 14.3 Å². The van der Waals surface area contributed by atoms with Crippen LogP contribution in [0, 0.1) is 0 Å². The minimum atomic E-state index is -0.591. The number of nitrogens with zero attached hydrogens (tertiary/aromatic N) is 4. The zero-order valence-electron chi connectivity index (χ0n) is 21.8. The van der Waals surface area contributed by atoms with Gasteiger partial charge in [-0.05, 0) is 60.2 Å². The molecule has 3 N–H and O–H groups in total. The summed E-state index contributed by atoms with van der Waals surface area (Å²) in [5.74, 6) is 0.867. The van der Waals surface area contributed by atoms with Gasteiger partial charge in [-0.15, -0.1) is 0 Å². The molecule has 0 aliphatic heterocycles. The first-order valence-corrected chi connectivity index (χ1v) is 12.8. The van der Waals surface area contributed by atoms with Crippen LogP contribution < -0.4 is 25.5 Å². The largest absolute Gasteiger partial charge is 0.493 e. The Labute approximate surface area is 241 Å². The van der Waals surface area contributed by atoms with Crippen molar-refractivity contribution in [3.8, 4) is 11.5 Å². The van der Waals surface area contributed by atoms with E-state index >= 15 is 0 Å². The van der Waals surface area contributed by atoms with E-state index < -0.39 is 5.97 Å². The second kappa shape index (κ2) is 13.0. The average Bonchev–Trinajstić information content (AvgIpc) is 2.99. The second-order valence-electron chi connectivity index (χ2n) is 8.44. The Morgan fingerprint density at radius 2 is 1.34 bits per heavy atom. The van der Waals surface area contributed by atoms with Gasteiger partial charge in [0.05, 0.1) is 23.9 Å². The van der Waals surface area contributed by atoms with Crippen molar-refractivity contribution in [1.29, 1.82) is 0 Å². The lowest BCUT2D eigenvalue weighted by Gasteiger charge is -2.11. The summed E-state index contributed by atoms with van der Waals surface area (Å²) >= 11 is 6.11. The molecule has 0 unspecified atom stereocenters. The van der Waals surface area contributed by atoms with Crippen molar-refractivity contribution in [2.24, 2.45) is 5.10 Å². The molecule has 0 fully saturated rings. The molecule has 41 heavy (non-hydrogen) atoms. The van der Waals surface area contributed by atoms with E-state index in [4.69, 9.17) is 21.1 Å². The van der Waals surface area contributed by atoms with Gasteiger partial charge in [-0.25, -0.2) is 10.2 Å². The van der Waals surface area contributed by atoms with Crippen molar-refractivity contribution in [2.75, 3.05) is 23.2 Å². The van der Waals surface area contributed by atoms with E-state index in [1.54, 1.807) is 48.7 Å². The van der Waals surface area contributed by atoms with Crippen LogP contribution in [0.2, 0.25) is 5.02 Å². The first-order chi connectivity index (χ1) is 20.1. The van der Waals surface area contributed by atoms with Crippen LogP contribution in [0.25, 0.3) is 0 Å². The van der Waals surface area contributed by atoms with E-state index in [0.717, 1.165) is 11.4 Å². The van der Waals surface area contributed by atoms with Crippen molar-refractivity contribution in [3.05, 3.63) is 119 Å². The van der Waals surface area contributed by atoms with Crippen molar-refractivity contribution in [2.45, 2.75) is 0 Å². The first kappa shape index (κ1) is 27.1. The quantitative estimate of drug-likeness (QED) is 0.0735. The van der Waals surface area contributed by atoms with Crippen LogP contribution in [-0.4, -0.2) is 34.2 Å². The highest BCUT2D eigenvalue weighted by Crippen LogP contribution is 2.29. The minimum Gasteiger partial charge on any atom is -0.493 e. The fourth-order valence-corrected chi connectivity index (χ4v) is 3.85. The number of benzene rings is 4. The van der Waals surface area contributed by atoms with Gasteiger partial charge in [0.2, 0.25) is 17.8 Å². The number of hydrogen-bond donors (Lipinski definition) is 3. The number of methoxy groups -OCH3 is 1. The average molecular weight is 566 g/mol. The maximum Gasteiger partial charge on any atom is 0.345 e. The fraction of sp³-hybridized carbons (Fsp3) is 0.0333. The number of rotatable bonds is 10. The Morgan fingerprint density at radius 3 is 1.95 bits per heavy atom. The summed E-state index contributed by atoms with van der Waals surface area (Å²) in [6, 6.07) is 30.8. The molecule has 11 heteroatoms. The van der Waals surface area contributed by atoms with Crippen LogP contribution >= 0.6 is 11.6 Å². The molecule has 5 aromatic rings. The molecule has 10 nitrogen and oxygen atoms in total. The van der Waals surface area contributed by atoms with Gasteiger partial charge < -0.3 is 20.1 Å². The molecule has 4 aromatic carbocycles. The summed E-state index contributed by atoms with van der Waals surface area (Å²) < 4.78 is 10.9. The van der Waals surface area contributed by atoms with E-state index in [1.807, 2.05) is 60.7 Å². The Bertz CT molecular complexity index is 1610. The number of halogens is 1. The Hall–Kier alpha value is -5.48. The number of ether oxygens (including phenoxy) is 2. The molecule has 1 aromatic heterocycles. The third-order valence-corrected chi connectivity index (χ3v) is 5.89. The molecule has 204 valence electrons. The molecule has 1 heterocycles. The highest BCUT2D eigenvalue weighted by molar-refractivity contribution is 6.33. The van der Waals surface area contributed by atoms with E-state index in [9.17, 15) is 4.79 Å². The van der Waals surface area contributed by atoms with E-state index in [0.29, 0.717) is 28.2 Å². The van der Waals surface area contributed by atoms with E-state index in [-0.39, 0.29) is 17.3 Å². The first-order valence-electron chi connectivity index (χ1n) is 12.4. The molecule has 0 saturated carbocycles. The summed E-state index contributed by atoms with van der Waals surface area (Å²) in [6.45, 7) is 0. The molecule has 5 rings (SSSR count). The van der Waals surface area contributed by atoms with Crippen LogP contribution in [0.5, 0.6) is 11.5 Å². The molecule has 0 saturated heterocycles. The highest BCUT2D eigenvalue weighted by atomic mass is 35.5. The molecule has 0 aliphatic rings. The number of anilines is 5. The maximum absolute atomic E-state index is 12.6. The normalized spacial score (nSPS) is 10.7. The molecule has 0 amide bonds.